The number of halogens is 1. The molecule has 1 aliphatic heterocycles. The molecule has 2 aliphatic rings. The Kier molecular flexibility index (Phi) is 5.96. The molecular formula is C15H26ClNO2. The summed E-state index contributed by atoms with van der Waals surface area (Å²) in [4.78, 5) is 14.5. The van der Waals surface area contributed by atoms with Crippen LogP contribution in [-0.2, 0) is 9.53 Å². The van der Waals surface area contributed by atoms with Gasteiger partial charge in [0, 0.05) is 31.5 Å². The van der Waals surface area contributed by atoms with Crippen molar-refractivity contribution in [1.29, 1.82) is 0 Å². The standard InChI is InChI=1S/C15H26ClNO2/c1-2-19-14-9-12(10-14)11-15(18)17-8-4-6-13(17)5-3-7-16/h12-14H,2-11H2,1H3. The predicted molar refractivity (Wildman–Crippen MR) is 77.4 cm³/mol. The first-order valence-corrected chi connectivity index (χ1v) is 8.25. The summed E-state index contributed by atoms with van der Waals surface area (Å²) in [5, 5.41) is 0. The lowest BCUT2D eigenvalue weighted by Crippen LogP contribution is -2.40. The first-order valence-electron chi connectivity index (χ1n) is 7.71. The minimum Gasteiger partial charge on any atom is -0.378 e. The van der Waals surface area contributed by atoms with E-state index in [1.54, 1.807) is 0 Å². The van der Waals surface area contributed by atoms with Crippen LogP contribution in [0.15, 0.2) is 0 Å². The van der Waals surface area contributed by atoms with E-state index in [1.807, 2.05) is 6.92 Å². The van der Waals surface area contributed by atoms with Crippen LogP contribution >= 0.6 is 11.6 Å². The zero-order chi connectivity index (χ0) is 13.7. The molecule has 2 fully saturated rings. The highest BCUT2D eigenvalue weighted by molar-refractivity contribution is 6.17. The lowest BCUT2D eigenvalue weighted by molar-refractivity contribution is -0.135. The van der Waals surface area contributed by atoms with Crippen LogP contribution in [0.3, 0.4) is 0 Å². The number of nitrogens with zero attached hydrogens (tertiary/aromatic N) is 1. The number of ether oxygens (including phenoxy) is 1. The van der Waals surface area contributed by atoms with E-state index in [1.165, 1.54) is 0 Å². The lowest BCUT2D eigenvalue weighted by Gasteiger charge is -2.36. The topological polar surface area (TPSA) is 29.5 Å². The van der Waals surface area contributed by atoms with Crippen molar-refractivity contribution in [2.75, 3.05) is 19.0 Å². The van der Waals surface area contributed by atoms with Gasteiger partial charge in [-0.2, -0.15) is 0 Å². The molecule has 2 rings (SSSR count). The van der Waals surface area contributed by atoms with Gasteiger partial charge < -0.3 is 9.64 Å². The smallest absolute Gasteiger partial charge is 0.223 e. The fourth-order valence-corrected chi connectivity index (χ4v) is 3.51. The van der Waals surface area contributed by atoms with Gasteiger partial charge in [-0.05, 0) is 51.4 Å². The minimum absolute atomic E-state index is 0.358. The molecule has 110 valence electrons. The number of likely N-dealkylation sites (tertiary alicyclic amines) is 1. The van der Waals surface area contributed by atoms with Gasteiger partial charge in [-0.3, -0.25) is 4.79 Å². The van der Waals surface area contributed by atoms with Crippen LogP contribution < -0.4 is 0 Å². The Balaban J connectivity index is 1.71. The Hall–Kier alpha value is -0.280. The van der Waals surface area contributed by atoms with E-state index in [0.717, 1.165) is 58.1 Å². The maximum atomic E-state index is 12.3. The Bertz CT molecular complexity index is 292. The number of hydrogen-bond donors (Lipinski definition) is 0. The summed E-state index contributed by atoms with van der Waals surface area (Å²) in [5.41, 5.74) is 0. The van der Waals surface area contributed by atoms with Gasteiger partial charge in [-0.1, -0.05) is 0 Å². The predicted octanol–water partition coefficient (Wildman–Crippen LogP) is 3.20. The molecule has 0 bridgehead atoms. The van der Waals surface area contributed by atoms with Crippen molar-refractivity contribution < 1.29 is 9.53 Å². The Morgan fingerprint density at radius 3 is 2.89 bits per heavy atom. The molecule has 1 aliphatic carbocycles. The number of rotatable bonds is 7. The van der Waals surface area contributed by atoms with Crippen molar-refractivity contribution in [1.82, 2.24) is 4.90 Å². The second kappa shape index (κ2) is 7.49. The average molecular weight is 288 g/mol. The van der Waals surface area contributed by atoms with Crippen molar-refractivity contribution >= 4 is 17.5 Å². The first-order chi connectivity index (χ1) is 9.24. The van der Waals surface area contributed by atoms with E-state index in [0.29, 0.717) is 29.9 Å². The second-order valence-corrected chi connectivity index (χ2v) is 6.21. The molecule has 0 spiro atoms. The van der Waals surface area contributed by atoms with Crippen LogP contribution in [0.5, 0.6) is 0 Å². The molecule has 0 radical (unpaired) electrons. The van der Waals surface area contributed by atoms with E-state index in [9.17, 15) is 4.79 Å². The van der Waals surface area contributed by atoms with Crippen LogP contribution in [0, 0.1) is 5.92 Å². The third kappa shape index (κ3) is 4.09. The summed E-state index contributed by atoms with van der Waals surface area (Å²) in [6.45, 7) is 3.77. The Morgan fingerprint density at radius 2 is 2.21 bits per heavy atom. The van der Waals surface area contributed by atoms with Crippen LogP contribution in [0.4, 0.5) is 0 Å². The van der Waals surface area contributed by atoms with E-state index < -0.39 is 0 Å². The third-order valence-corrected chi connectivity index (χ3v) is 4.69. The van der Waals surface area contributed by atoms with E-state index in [2.05, 4.69) is 4.90 Å². The summed E-state index contributed by atoms with van der Waals surface area (Å²) in [5.74, 6) is 1.62. The fraction of sp³-hybridized carbons (Fsp3) is 0.933. The largest absolute Gasteiger partial charge is 0.378 e. The monoisotopic (exact) mass is 287 g/mol. The van der Waals surface area contributed by atoms with E-state index in [4.69, 9.17) is 16.3 Å². The van der Waals surface area contributed by atoms with Crippen molar-refractivity contribution in [3.8, 4) is 0 Å². The van der Waals surface area contributed by atoms with Gasteiger partial charge >= 0.3 is 0 Å². The fourth-order valence-electron chi connectivity index (χ4n) is 3.35. The maximum Gasteiger partial charge on any atom is 0.223 e. The van der Waals surface area contributed by atoms with Gasteiger partial charge in [0.1, 0.15) is 0 Å². The van der Waals surface area contributed by atoms with Crippen LogP contribution in [0.1, 0.15) is 51.9 Å². The number of carbonyl (C=O) groups excluding carboxylic acids is 1. The summed E-state index contributed by atoms with van der Waals surface area (Å²) < 4.78 is 5.55. The average Bonchev–Trinajstić information content (AvgIpc) is 2.82. The lowest BCUT2D eigenvalue weighted by atomic mass is 9.79. The minimum atomic E-state index is 0.358. The van der Waals surface area contributed by atoms with Gasteiger partial charge in [-0.25, -0.2) is 0 Å². The molecule has 1 saturated heterocycles. The van der Waals surface area contributed by atoms with Crippen LogP contribution in [0.2, 0.25) is 0 Å². The van der Waals surface area contributed by atoms with Gasteiger partial charge in [-0.15, -0.1) is 11.6 Å². The molecule has 1 atom stereocenters. The zero-order valence-electron chi connectivity index (χ0n) is 11.9. The van der Waals surface area contributed by atoms with Crippen molar-refractivity contribution in [3.05, 3.63) is 0 Å². The second-order valence-electron chi connectivity index (χ2n) is 5.83. The summed E-state index contributed by atoms with van der Waals surface area (Å²) in [7, 11) is 0. The molecule has 1 saturated carbocycles. The van der Waals surface area contributed by atoms with Crippen molar-refractivity contribution in [3.63, 3.8) is 0 Å². The van der Waals surface area contributed by atoms with Crippen molar-refractivity contribution in [2.24, 2.45) is 5.92 Å². The molecule has 1 heterocycles. The molecule has 0 aromatic heterocycles. The SMILES string of the molecule is CCOC1CC(CC(=O)N2CCCC2CCCCl)C1. The maximum absolute atomic E-state index is 12.3. The number of amides is 1. The highest BCUT2D eigenvalue weighted by Gasteiger charge is 2.34. The molecule has 0 aromatic carbocycles. The third-order valence-electron chi connectivity index (χ3n) is 4.43. The van der Waals surface area contributed by atoms with Crippen LogP contribution in [0.25, 0.3) is 0 Å². The molecule has 1 amide bonds. The Morgan fingerprint density at radius 1 is 1.42 bits per heavy atom. The Labute approximate surface area is 121 Å². The normalized spacial score (nSPS) is 30.4. The first kappa shape index (κ1) is 15.1. The number of carbonyl (C=O) groups is 1. The highest BCUT2D eigenvalue weighted by Crippen LogP contribution is 2.34. The highest BCUT2D eigenvalue weighted by atomic mass is 35.5. The molecular weight excluding hydrogens is 262 g/mol. The number of alkyl halides is 1. The number of hydrogen-bond acceptors (Lipinski definition) is 2. The molecule has 1 unspecified atom stereocenters. The quantitative estimate of drug-likeness (QED) is 0.673. The molecule has 0 N–H and O–H groups in total. The molecule has 4 heteroatoms. The summed E-state index contributed by atoms with van der Waals surface area (Å²) in [6.07, 6.45) is 7.68. The van der Waals surface area contributed by atoms with Crippen LogP contribution in [-0.4, -0.2) is 42.0 Å². The van der Waals surface area contributed by atoms with E-state index in [-0.39, 0.29) is 0 Å². The van der Waals surface area contributed by atoms with Gasteiger partial charge in [0.25, 0.3) is 0 Å². The molecule has 19 heavy (non-hydrogen) atoms. The van der Waals surface area contributed by atoms with Gasteiger partial charge in [0.05, 0.1) is 6.10 Å². The van der Waals surface area contributed by atoms with Gasteiger partial charge in [0.15, 0.2) is 0 Å². The summed E-state index contributed by atoms with van der Waals surface area (Å²) in [6, 6.07) is 0.453. The van der Waals surface area contributed by atoms with Gasteiger partial charge in [0.2, 0.25) is 5.91 Å². The summed E-state index contributed by atoms with van der Waals surface area (Å²) >= 11 is 5.75. The van der Waals surface area contributed by atoms with E-state index >= 15 is 0 Å². The molecule has 0 aromatic rings. The molecule has 3 nitrogen and oxygen atoms in total. The van der Waals surface area contributed by atoms with Crippen molar-refractivity contribution in [2.45, 2.75) is 64.0 Å². The zero-order valence-corrected chi connectivity index (χ0v) is 12.7.